The summed E-state index contributed by atoms with van der Waals surface area (Å²) in [7, 11) is 0. The highest BCUT2D eigenvalue weighted by molar-refractivity contribution is 5.85. The molecule has 0 bridgehead atoms. The number of primary amides is 2. The summed E-state index contributed by atoms with van der Waals surface area (Å²) in [5, 5.41) is 0. The van der Waals surface area contributed by atoms with Gasteiger partial charge in [0.15, 0.2) is 6.10 Å². The molecule has 1 heterocycles. The number of epoxide rings is 1. The van der Waals surface area contributed by atoms with Gasteiger partial charge < -0.3 is 16.2 Å². The van der Waals surface area contributed by atoms with Gasteiger partial charge in [0.05, 0.1) is 6.61 Å². The molecule has 0 aromatic heterocycles. The highest BCUT2D eigenvalue weighted by Crippen LogP contribution is 2.05. The van der Waals surface area contributed by atoms with Crippen molar-refractivity contribution < 1.29 is 14.3 Å². The average Bonchev–Trinajstić information content (AvgIpc) is 2.69. The van der Waals surface area contributed by atoms with E-state index >= 15 is 0 Å². The molecular formula is C6H10N2O3. The monoisotopic (exact) mass is 158 g/mol. The molecule has 1 atom stereocenters. The van der Waals surface area contributed by atoms with Crippen LogP contribution in [0.3, 0.4) is 0 Å². The molecule has 1 aliphatic rings. The lowest BCUT2D eigenvalue weighted by Crippen LogP contribution is -2.17. The fourth-order valence-electron chi connectivity index (χ4n) is 0.212. The van der Waals surface area contributed by atoms with Crippen LogP contribution >= 0.6 is 0 Å². The Morgan fingerprint density at radius 3 is 1.91 bits per heavy atom. The van der Waals surface area contributed by atoms with Crippen LogP contribution in [-0.4, -0.2) is 24.5 Å². The first-order chi connectivity index (χ1) is 5.07. The van der Waals surface area contributed by atoms with E-state index in [0.717, 1.165) is 6.08 Å². The molecule has 0 aromatic carbocycles. The zero-order valence-corrected chi connectivity index (χ0v) is 5.95. The fraction of sp³-hybridized carbons (Fsp3) is 0.333. The van der Waals surface area contributed by atoms with Crippen molar-refractivity contribution in [1.82, 2.24) is 0 Å². The highest BCUT2D eigenvalue weighted by atomic mass is 16.6. The Morgan fingerprint density at radius 1 is 1.55 bits per heavy atom. The molecular weight excluding hydrogens is 148 g/mol. The Kier molecular flexibility index (Phi) is 3.90. The Bertz CT molecular complexity index is 175. The van der Waals surface area contributed by atoms with Crippen LogP contribution in [0.1, 0.15) is 0 Å². The van der Waals surface area contributed by atoms with Crippen molar-refractivity contribution in [3.63, 3.8) is 0 Å². The minimum Gasteiger partial charge on any atom is -0.367 e. The largest absolute Gasteiger partial charge is 0.367 e. The number of ether oxygens (including phenoxy) is 1. The van der Waals surface area contributed by atoms with Gasteiger partial charge >= 0.3 is 0 Å². The predicted molar refractivity (Wildman–Crippen MR) is 38.3 cm³/mol. The van der Waals surface area contributed by atoms with Crippen molar-refractivity contribution in [2.45, 2.75) is 6.10 Å². The zero-order valence-electron chi connectivity index (χ0n) is 5.95. The number of amides is 2. The summed E-state index contributed by atoms with van der Waals surface area (Å²) in [5.74, 6) is -0.833. The van der Waals surface area contributed by atoms with Gasteiger partial charge in [-0.2, -0.15) is 0 Å². The molecule has 5 heteroatoms. The maximum Gasteiger partial charge on any atom is 0.248 e. The molecule has 5 nitrogen and oxygen atoms in total. The Labute approximate surface area is 64.0 Å². The number of nitrogens with two attached hydrogens (primary N) is 2. The zero-order chi connectivity index (χ0) is 8.85. The number of carbonyl (C=O) groups excluding carboxylic acids is 2. The first-order valence-corrected chi connectivity index (χ1v) is 2.90. The van der Waals surface area contributed by atoms with E-state index in [0.29, 0.717) is 6.61 Å². The van der Waals surface area contributed by atoms with Crippen molar-refractivity contribution in [1.29, 1.82) is 0 Å². The Morgan fingerprint density at radius 2 is 1.91 bits per heavy atom. The smallest absolute Gasteiger partial charge is 0.248 e. The third kappa shape index (κ3) is 6.53. The maximum absolute atomic E-state index is 9.86. The minimum atomic E-state index is -0.481. The first-order valence-electron chi connectivity index (χ1n) is 2.90. The van der Waals surface area contributed by atoms with Crippen LogP contribution in [-0.2, 0) is 14.3 Å². The van der Waals surface area contributed by atoms with E-state index in [1.807, 2.05) is 0 Å². The van der Waals surface area contributed by atoms with Crippen LogP contribution in [0.5, 0.6) is 0 Å². The van der Waals surface area contributed by atoms with Crippen molar-refractivity contribution in [3.8, 4) is 0 Å². The average molecular weight is 158 g/mol. The first kappa shape index (κ1) is 9.64. The number of hydrogen-bond donors (Lipinski definition) is 2. The van der Waals surface area contributed by atoms with Gasteiger partial charge in [0.2, 0.25) is 11.8 Å². The normalized spacial score (nSPS) is 19.1. The molecule has 0 aliphatic carbocycles. The molecule has 1 aliphatic heterocycles. The number of rotatable bonds is 2. The lowest BCUT2D eigenvalue weighted by Gasteiger charge is -1.73. The summed E-state index contributed by atoms with van der Waals surface area (Å²) < 4.78 is 4.50. The van der Waals surface area contributed by atoms with Crippen LogP contribution in [0.15, 0.2) is 12.7 Å². The second-order valence-corrected chi connectivity index (χ2v) is 1.83. The van der Waals surface area contributed by atoms with Gasteiger partial charge in [-0.1, -0.05) is 6.58 Å². The van der Waals surface area contributed by atoms with Gasteiger partial charge in [0, 0.05) is 0 Å². The van der Waals surface area contributed by atoms with Crippen LogP contribution in [0.25, 0.3) is 0 Å². The molecule has 0 spiro atoms. The van der Waals surface area contributed by atoms with E-state index in [-0.39, 0.29) is 12.0 Å². The van der Waals surface area contributed by atoms with Gasteiger partial charge in [0.1, 0.15) is 0 Å². The van der Waals surface area contributed by atoms with Crippen LogP contribution < -0.4 is 11.5 Å². The quantitative estimate of drug-likeness (QED) is 0.379. The molecule has 1 saturated heterocycles. The lowest BCUT2D eigenvalue weighted by molar-refractivity contribution is -0.119. The molecule has 0 aromatic rings. The maximum atomic E-state index is 9.86. The van der Waals surface area contributed by atoms with Crippen molar-refractivity contribution >= 4 is 11.8 Å². The van der Waals surface area contributed by atoms with Crippen molar-refractivity contribution in [2.24, 2.45) is 11.5 Å². The summed E-state index contributed by atoms with van der Waals surface area (Å²) in [6.07, 6.45) is 0.796. The standard InChI is InChI=1S/C3H5NO2.C3H5NO/c4-3(5)2-1-6-2;1-2-3(4)5/h2H,1H2,(H2,4,5);2H,1H2,(H2,4,5). The van der Waals surface area contributed by atoms with Gasteiger partial charge in [-0.3, -0.25) is 9.59 Å². The third-order valence-corrected chi connectivity index (χ3v) is 0.852. The molecule has 62 valence electrons. The number of carbonyl (C=O) groups is 2. The Hall–Kier alpha value is -1.36. The van der Waals surface area contributed by atoms with Crippen molar-refractivity contribution in [2.75, 3.05) is 6.61 Å². The van der Waals surface area contributed by atoms with Gasteiger partial charge in [-0.25, -0.2) is 0 Å². The van der Waals surface area contributed by atoms with Crippen LogP contribution in [0.4, 0.5) is 0 Å². The van der Waals surface area contributed by atoms with E-state index in [1.165, 1.54) is 0 Å². The van der Waals surface area contributed by atoms with E-state index in [1.54, 1.807) is 0 Å². The molecule has 11 heavy (non-hydrogen) atoms. The molecule has 1 unspecified atom stereocenters. The van der Waals surface area contributed by atoms with Crippen LogP contribution in [0.2, 0.25) is 0 Å². The van der Waals surface area contributed by atoms with Crippen LogP contribution in [0, 0.1) is 0 Å². The second kappa shape index (κ2) is 4.45. The molecule has 1 rings (SSSR count). The molecule has 4 N–H and O–H groups in total. The third-order valence-electron chi connectivity index (χ3n) is 0.852. The summed E-state index contributed by atoms with van der Waals surface area (Å²) in [6.45, 7) is 3.61. The summed E-state index contributed by atoms with van der Waals surface area (Å²) in [5.41, 5.74) is 9.27. The summed E-state index contributed by atoms with van der Waals surface area (Å²) >= 11 is 0. The van der Waals surface area contributed by atoms with E-state index in [2.05, 4.69) is 17.0 Å². The van der Waals surface area contributed by atoms with Gasteiger partial charge in [0.25, 0.3) is 0 Å². The number of hydrogen-bond acceptors (Lipinski definition) is 3. The second-order valence-electron chi connectivity index (χ2n) is 1.83. The van der Waals surface area contributed by atoms with E-state index < -0.39 is 5.91 Å². The SMILES string of the molecule is C=CC(N)=O.NC(=O)C1CO1. The Balaban J connectivity index is 0.000000187. The predicted octanol–water partition coefficient (Wildman–Crippen LogP) is -1.47. The van der Waals surface area contributed by atoms with E-state index in [9.17, 15) is 9.59 Å². The fourth-order valence-corrected chi connectivity index (χ4v) is 0.212. The van der Waals surface area contributed by atoms with Crippen molar-refractivity contribution in [3.05, 3.63) is 12.7 Å². The summed E-state index contributed by atoms with van der Waals surface area (Å²) in [6, 6.07) is 0. The molecule has 2 amide bonds. The van der Waals surface area contributed by atoms with Gasteiger partial charge in [-0.15, -0.1) is 0 Å². The molecule has 0 radical (unpaired) electrons. The summed E-state index contributed by atoms with van der Waals surface area (Å²) in [4.78, 5) is 19.3. The van der Waals surface area contributed by atoms with E-state index in [4.69, 9.17) is 5.73 Å². The highest BCUT2D eigenvalue weighted by Gasteiger charge is 2.28. The topological polar surface area (TPSA) is 98.7 Å². The molecule has 1 fully saturated rings. The minimum absolute atomic E-state index is 0.259. The lowest BCUT2D eigenvalue weighted by atomic mass is 10.5. The van der Waals surface area contributed by atoms with Gasteiger partial charge in [-0.05, 0) is 6.08 Å². The molecule has 0 saturated carbocycles.